The van der Waals surface area contributed by atoms with E-state index in [4.69, 9.17) is 0 Å². The van der Waals surface area contributed by atoms with Crippen LogP contribution in [0.25, 0.3) is 0 Å². The molecule has 1 atom stereocenters. The fourth-order valence-electron chi connectivity index (χ4n) is 1.88. The molecule has 0 fully saturated rings. The summed E-state index contributed by atoms with van der Waals surface area (Å²) in [6.07, 6.45) is 8.32. The molecule has 1 unspecified atom stereocenters. The SMILES string of the molecule is CCCCCCCC(CSC(C)(C)C)NCC. The molecule has 0 radical (unpaired) electrons. The molecule has 0 aliphatic heterocycles. The normalized spacial score (nSPS) is 13.9. The lowest BCUT2D eigenvalue weighted by Gasteiger charge is -2.23. The Morgan fingerprint density at radius 1 is 1.00 bits per heavy atom. The van der Waals surface area contributed by atoms with Gasteiger partial charge in [-0.1, -0.05) is 66.7 Å². The summed E-state index contributed by atoms with van der Waals surface area (Å²) in [5.41, 5.74) is 0. The summed E-state index contributed by atoms with van der Waals surface area (Å²) in [6, 6.07) is 0.714. The van der Waals surface area contributed by atoms with Crippen LogP contribution in [0.15, 0.2) is 0 Å². The van der Waals surface area contributed by atoms with Gasteiger partial charge in [-0.3, -0.25) is 0 Å². The van der Waals surface area contributed by atoms with Gasteiger partial charge in [-0.15, -0.1) is 0 Å². The molecular formula is C15H33NS. The van der Waals surface area contributed by atoms with Gasteiger partial charge >= 0.3 is 0 Å². The first-order valence-corrected chi connectivity index (χ1v) is 8.35. The molecule has 0 aromatic rings. The number of nitrogens with one attached hydrogen (secondary N) is 1. The van der Waals surface area contributed by atoms with Crippen LogP contribution in [0, 0.1) is 0 Å². The maximum Gasteiger partial charge on any atom is 0.0158 e. The standard InChI is InChI=1S/C15H33NS/c1-6-8-9-10-11-12-14(16-7-2)13-17-15(3,4)5/h14,16H,6-13H2,1-5H3. The highest BCUT2D eigenvalue weighted by atomic mass is 32.2. The summed E-state index contributed by atoms with van der Waals surface area (Å²) in [4.78, 5) is 0. The van der Waals surface area contributed by atoms with Crippen LogP contribution in [0.1, 0.15) is 73.1 Å². The molecule has 0 aromatic heterocycles. The van der Waals surface area contributed by atoms with Gasteiger partial charge in [0.25, 0.3) is 0 Å². The van der Waals surface area contributed by atoms with Crippen molar-refractivity contribution in [2.24, 2.45) is 0 Å². The van der Waals surface area contributed by atoms with Crippen LogP contribution < -0.4 is 5.32 Å². The predicted molar refractivity (Wildman–Crippen MR) is 83.1 cm³/mol. The second-order valence-corrected chi connectivity index (χ2v) is 7.73. The molecule has 0 spiro atoms. The van der Waals surface area contributed by atoms with Crippen LogP contribution in [0.2, 0.25) is 0 Å². The predicted octanol–water partition coefficient (Wildman–Crippen LogP) is 4.86. The van der Waals surface area contributed by atoms with Crippen LogP contribution in [-0.4, -0.2) is 23.1 Å². The Kier molecular flexibility index (Phi) is 10.4. The zero-order valence-corrected chi connectivity index (χ0v) is 13.5. The van der Waals surface area contributed by atoms with Crippen molar-refractivity contribution in [2.75, 3.05) is 12.3 Å². The van der Waals surface area contributed by atoms with Gasteiger partial charge in [0.15, 0.2) is 0 Å². The molecule has 0 saturated carbocycles. The van der Waals surface area contributed by atoms with Crippen molar-refractivity contribution in [3.8, 4) is 0 Å². The van der Waals surface area contributed by atoms with E-state index in [-0.39, 0.29) is 0 Å². The molecule has 0 bridgehead atoms. The molecule has 0 aromatic carbocycles. The molecule has 2 heteroatoms. The van der Waals surface area contributed by atoms with Crippen molar-refractivity contribution in [1.82, 2.24) is 5.32 Å². The van der Waals surface area contributed by atoms with Gasteiger partial charge in [-0.25, -0.2) is 0 Å². The van der Waals surface area contributed by atoms with Gasteiger partial charge in [-0.05, 0) is 13.0 Å². The minimum absolute atomic E-state index is 0.399. The van der Waals surface area contributed by atoms with E-state index >= 15 is 0 Å². The van der Waals surface area contributed by atoms with E-state index < -0.39 is 0 Å². The largest absolute Gasteiger partial charge is 0.313 e. The van der Waals surface area contributed by atoms with Gasteiger partial charge in [0.2, 0.25) is 0 Å². The molecule has 0 heterocycles. The molecule has 0 amide bonds. The van der Waals surface area contributed by atoms with Crippen molar-refractivity contribution in [3.63, 3.8) is 0 Å². The third kappa shape index (κ3) is 12.6. The van der Waals surface area contributed by atoms with Crippen LogP contribution in [0.5, 0.6) is 0 Å². The number of unbranched alkanes of at least 4 members (excludes halogenated alkanes) is 4. The average Bonchev–Trinajstić information content (AvgIpc) is 2.24. The van der Waals surface area contributed by atoms with Crippen molar-refractivity contribution in [1.29, 1.82) is 0 Å². The summed E-state index contributed by atoms with van der Waals surface area (Å²) < 4.78 is 0.399. The number of hydrogen-bond acceptors (Lipinski definition) is 2. The van der Waals surface area contributed by atoms with E-state index in [2.05, 4.69) is 51.7 Å². The fraction of sp³-hybridized carbons (Fsp3) is 1.00. The summed E-state index contributed by atoms with van der Waals surface area (Å²) in [5.74, 6) is 1.26. The van der Waals surface area contributed by atoms with Crippen LogP contribution in [-0.2, 0) is 0 Å². The summed E-state index contributed by atoms with van der Waals surface area (Å²) in [7, 11) is 0. The molecular weight excluding hydrogens is 226 g/mol. The highest BCUT2D eigenvalue weighted by molar-refractivity contribution is 8.00. The topological polar surface area (TPSA) is 12.0 Å². The molecule has 17 heavy (non-hydrogen) atoms. The molecule has 0 rings (SSSR count). The van der Waals surface area contributed by atoms with Gasteiger partial charge in [0.1, 0.15) is 0 Å². The zero-order valence-electron chi connectivity index (χ0n) is 12.6. The lowest BCUT2D eigenvalue weighted by Crippen LogP contribution is -2.32. The average molecular weight is 260 g/mol. The van der Waals surface area contributed by atoms with Crippen molar-refractivity contribution in [2.45, 2.75) is 83.9 Å². The molecule has 0 aliphatic rings. The van der Waals surface area contributed by atoms with Crippen molar-refractivity contribution < 1.29 is 0 Å². The smallest absolute Gasteiger partial charge is 0.0158 e. The van der Waals surface area contributed by atoms with Crippen LogP contribution in [0.4, 0.5) is 0 Å². The first-order chi connectivity index (χ1) is 7.99. The minimum Gasteiger partial charge on any atom is -0.313 e. The summed E-state index contributed by atoms with van der Waals surface area (Å²) >= 11 is 2.09. The Hall–Kier alpha value is 0.310. The van der Waals surface area contributed by atoms with Gasteiger partial charge in [-0.2, -0.15) is 11.8 Å². The molecule has 1 N–H and O–H groups in total. The van der Waals surface area contributed by atoms with E-state index in [9.17, 15) is 0 Å². The summed E-state index contributed by atoms with van der Waals surface area (Å²) in [6.45, 7) is 12.5. The lowest BCUT2D eigenvalue weighted by atomic mass is 10.1. The quantitative estimate of drug-likeness (QED) is 0.562. The Labute approximate surface area is 114 Å². The van der Waals surface area contributed by atoms with Gasteiger partial charge < -0.3 is 5.32 Å². The number of thioether (sulfide) groups is 1. The van der Waals surface area contributed by atoms with Crippen LogP contribution >= 0.6 is 11.8 Å². The third-order valence-electron chi connectivity index (χ3n) is 2.87. The second-order valence-electron chi connectivity index (χ2n) is 5.88. The Balaban J connectivity index is 3.67. The molecule has 0 saturated heterocycles. The number of hydrogen-bond donors (Lipinski definition) is 1. The van der Waals surface area contributed by atoms with Gasteiger partial charge in [0.05, 0.1) is 0 Å². The maximum absolute atomic E-state index is 3.63. The van der Waals surface area contributed by atoms with E-state index in [1.807, 2.05) is 0 Å². The third-order valence-corrected chi connectivity index (χ3v) is 4.30. The Morgan fingerprint density at radius 3 is 2.18 bits per heavy atom. The second kappa shape index (κ2) is 10.3. The first kappa shape index (κ1) is 17.3. The minimum atomic E-state index is 0.399. The Bertz CT molecular complexity index is 163. The van der Waals surface area contributed by atoms with E-state index in [0.717, 1.165) is 6.54 Å². The van der Waals surface area contributed by atoms with E-state index in [0.29, 0.717) is 10.8 Å². The lowest BCUT2D eigenvalue weighted by molar-refractivity contribution is 0.495. The molecule has 104 valence electrons. The van der Waals surface area contributed by atoms with Crippen LogP contribution in [0.3, 0.4) is 0 Å². The van der Waals surface area contributed by atoms with Crippen molar-refractivity contribution in [3.05, 3.63) is 0 Å². The zero-order chi connectivity index (χ0) is 13.1. The highest BCUT2D eigenvalue weighted by Gasteiger charge is 2.14. The summed E-state index contributed by atoms with van der Waals surface area (Å²) in [5, 5.41) is 3.63. The van der Waals surface area contributed by atoms with Crippen molar-refractivity contribution >= 4 is 11.8 Å². The fourth-order valence-corrected chi connectivity index (χ4v) is 2.86. The van der Waals surface area contributed by atoms with E-state index in [1.165, 1.54) is 44.3 Å². The highest BCUT2D eigenvalue weighted by Crippen LogP contribution is 2.24. The molecule has 1 nitrogen and oxygen atoms in total. The maximum atomic E-state index is 3.63. The number of rotatable bonds is 10. The van der Waals surface area contributed by atoms with E-state index in [1.54, 1.807) is 0 Å². The first-order valence-electron chi connectivity index (χ1n) is 7.37. The molecule has 0 aliphatic carbocycles. The monoisotopic (exact) mass is 259 g/mol. The Morgan fingerprint density at radius 2 is 1.65 bits per heavy atom. The van der Waals surface area contributed by atoms with Gasteiger partial charge in [0, 0.05) is 16.5 Å².